The zero-order valence-electron chi connectivity index (χ0n) is 10.6. The van der Waals surface area contributed by atoms with Crippen molar-refractivity contribution in [1.82, 2.24) is 5.32 Å². The highest BCUT2D eigenvalue weighted by atomic mass is 35.5. The van der Waals surface area contributed by atoms with Crippen LogP contribution < -0.4 is 5.32 Å². The largest absolute Gasteiger partial charge is 0.352 e. The Labute approximate surface area is 119 Å². The molecule has 4 heteroatoms. The quantitative estimate of drug-likeness (QED) is 0.724. The molecular weight excluding hydrogens is 269 g/mol. The fourth-order valence-electron chi connectivity index (χ4n) is 1.73. The molecule has 0 atom stereocenters. The van der Waals surface area contributed by atoms with Crippen LogP contribution in [0.4, 0.5) is 0 Å². The Morgan fingerprint density at radius 1 is 1.11 bits per heavy atom. The van der Waals surface area contributed by atoms with Crippen molar-refractivity contribution in [3.63, 3.8) is 0 Å². The van der Waals surface area contributed by atoms with Crippen molar-refractivity contribution < 1.29 is 4.79 Å². The molecule has 0 fully saturated rings. The fraction of sp³-hybridized carbons (Fsp3) is 0.500. The van der Waals surface area contributed by atoms with Gasteiger partial charge >= 0.3 is 0 Å². The van der Waals surface area contributed by atoms with E-state index in [1.807, 2.05) is 0 Å². The van der Waals surface area contributed by atoms with Crippen LogP contribution in [0.1, 0.15) is 49.4 Å². The second-order valence-corrected chi connectivity index (χ2v) is 5.08. The molecule has 0 unspecified atom stereocenters. The van der Waals surface area contributed by atoms with Gasteiger partial charge in [-0.25, -0.2) is 0 Å². The Morgan fingerprint density at radius 3 is 2.33 bits per heavy atom. The highest BCUT2D eigenvalue weighted by molar-refractivity contribution is 6.39. The number of benzene rings is 1. The molecule has 0 aromatic heterocycles. The molecule has 100 valence electrons. The van der Waals surface area contributed by atoms with Crippen LogP contribution in [0, 0.1) is 0 Å². The summed E-state index contributed by atoms with van der Waals surface area (Å²) in [7, 11) is 0. The molecule has 0 aliphatic heterocycles. The summed E-state index contributed by atoms with van der Waals surface area (Å²) in [5.74, 6) is -0.193. The third kappa shape index (κ3) is 4.87. The number of hydrogen-bond donors (Lipinski definition) is 1. The molecule has 1 amide bonds. The third-order valence-electron chi connectivity index (χ3n) is 2.76. The predicted octanol–water partition coefficient (Wildman–Crippen LogP) is 4.69. The molecule has 0 aliphatic carbocycles. The van der Waals surface area contributed by atoms with E-state index < -0.39 is 0 Å². The molecule has 0 saturated heterocycles. The van der Waals surface area contributed by atoms with Gasteiger partial charge in [-0.1, -0.05) is 61.9 Å². The van der Waals surface area contributed by atoms with E-state index in [9.17, 15) is 4.79 Å². The number of rotatable bonds is 7. The molecule has 18 heavy (non-hydrogen) atoms. The first-order valence-corrected chi connectivity index (χ1v) is 7.14. The topological polar surface area (TPSA) is 29.1 Å². The molecule has 1 aromatic rings. The number of carbonyl (C=O) groups excluding carboxylic acids is 1. The minimum Gasteiger partial charge on any atom is -0.352 e. The number of amides is 1. The van der Waals surface area contributed by atoms with Gasteiger partial charge in [-0.05, 0) is 18.6 Å². The van der Waals surface area contributed by atoms with Crippen LogP contribution in [0.15, 0.2) is 18.2 Å². The lowest BCUT2D eigenvalue weighted by molar-refractivity contribution is 0.0953. The first-order chi connectivity index (χ1) is 8.66. The maximum Gasteiger partial charge on any atom is 0.254 e. The first-order valence-electron chi connectivity index (χ1n) is 6.39. The number of nitrogens with one attached hydrogen (secondary N) is 1. The number of halogens is 2. The molecule has 0 heterocycles. The minimum absolute atomic E-state index is 0.193. The molecular formula is C14H19Cl2NO. The van der Waals surface area contributed by atoms with Gasteiger partial charge < -0.3 is 5.32 Å². The molecule has 0 aliphatic rings. The van der Waals surface area contributed by atoms with Crippen LogP contribution in [-0.2, 0) is 0 Å². The molecule has 2 nitrogen and oxygen atoms in total. The summed E-state index contributed by atoms with van der Waals surface area (Å²) in [6, 6.07) is 5.07. The van der Waals surface area contributed by atoms with Crippen molar-refractivity contribution in [3.8, 4) is 0 Å². The second kappa shape index (κ2) is 8.39. The van der Waals surface area contributed by atoms with Gasteiger partial charge in [-0.3, -0.25) is 4.79 Å². The van der Waals surface area contributed by atoms with Crippen LogP contribution >= 0.6 is 23.2 Å². The first kappa shape index (κ1) is 15.3. The van der Waals surface area contributed by atoms with Gasteiger partial charge in [0.05, 0.1) is 15.6 Å². The van der Waals surface area contributed by atoms with Crippen LogP contribution in [0.3, 0.4) is 0 Å². The van der Waals surface area contributed by atoms with Crippen molar-refractivity contribution in [1.29, 1.82) is 0 Å². The standard InChI is InChI=1S/C14H19Cl2NO/c1-2-3-4-5-6-10-17-14(18)13-11(15)8-7-9-12(13)16/h7-9H,2-6,10H2,1H3,(H,17,18). The third-order valence-corrected chi connectivity index (χ3v) is 3.39. The van der Waals surface area contributed by atoms with Gasteiger partial charge in [-0.2, -0.15) is 0 Å². The van der Waals surface area contributed by atoms with Crippen LogP contribution in [-0.4, -0.2) is 12.5 Å². The number of hydrogen-bond acceptors (Lipinski definition) is 1. The van der Waals surface area contributed by atoms with Gasteiger partial charge in [-0.15, -0.1) is 0 Å². The molecule has 1 N–H and O–H groups in total. The van der Waals surface area contributed by atoms with E-state index in [0.717, 1.165) is 12.8 Å². The Balaban J connectivity index is 2.37. The van der Waals surface area contributed by atoms with Crippen LogP contribution in [0.25, 0.3) is 0 Å². The predicted molar refractivity (Wildman–Crippen MR) is 77.6 cm³/mol. The van der Waals surface area contributed by atoms with Gasteiger partial charge in [0, 0.05) is 6.54 Å². The maximum absolute atomic E-state index is 11.9. The Bertz CT molecular complexity index is 373. The minimum atomic E-state index is -0.193. The van der Waals surface area contributed by atoms with Gasteiger partial charge in [0.25, 0.3) is 5.91 Å². The molecule has 0 saturated carbocycles. The lowest BCUT2D eigenvalue weighted by atomic mass is 10.1. The zero-order valence-corrected chi connectivity index (χ0v) is 12.2. The van der Waals surface area contributed by atoms with E-state index in [0.29, 0.717) is 22.2 Å². The normalized spacial score (nSPS) is 10.4. The summed E-state index contributed by atoms with van der Waals surface area (Å²) in [5, 5.41) is 3.64. The van der Waals surface area contributed by atoms with E-state index in [2.05, 4.69) is 12.2 Å². The maximum atomic E-state index is 11.9. The van der Waals surface area contributed by atoms with E-state index >= 15 is 0 Å². The van der Waals surface area contributed by atoms with Crippen LogP contribution in [0.5, 0.6) is 0 Å². The van der Waals surface area contributed by atoms with Gasteiger partial charge in [0.1, 0.15) is 0 Å². The van der Waals surface area contributed by atoms with Crippen molar-refractivity contribution in [2.24, 2.45) is 0 Å². The SMILES string of the molecule is CCCCCCCNC(=O)c1c(Cl)cccc1Cl. The molecule has 1 aromatic carbocycles. The lowest BCUT2D eigenvalue weighted by Gasteiger charge is -2.08. The van der Waals surface area contributed by atoms with Crippen molar-refractivity contribution in [2.75, 3.05) is 6.54 Å². The number of unbranched alkanes of at least 4 members (excludes halogenated alkanes) is 4. The second-order valence-electron chi connectivity index (χ2n) is 4.27. The smallest absolute Gasteiger partial charge is 0.254 e. The average Bonchev–Trinajstić information content (AvgIpc) is 2.33. The molecule has 0 radical (unpaired) electrons. The summed E-state index contributed by atoms with van der Waals surface area (Å²) in [6.07, 6.45) is 5.84. The Hall–Kier alpha value is -0.730. The summed E-state index contributed by atoms with van der Waals surface area (Å²) in [5.41, 5.74) is 0.370. The van der Waals surface area contributed by atoms with E-state index in [1.165, 1.54) is 19.3 Å². The highest BCUT2D eigenvalue weighted by Gasteiger charge is 2.13. The van der Waals surface area contributed by atoms with Crippen molar-refractivity contribution in [3.05, 3.63) is 33.8 Å². The van der Waals surface area contributed by atoms with Gasteiger partial charge in [0.2, 0.25) is 0 Å². The van der Waals surface area contributed by atoms with E-state index in [1.54, 1.807) is 18.2 Å². The molecule has 0 spiro atoms. The Kier molecular flexibility index (Phi) is 7.14. The van der Waals surface area contributed by atoms with E-state index in [-0.39, 0.29) is 5.91 Å². The molecule has 0 bridgehead atoms. The zero-order chi connectivity index (χ0) is 13.4. The summed E-state index contributed by atoms with van der Waals surface area (Å²) in [6.45, 7) is 2.85. The summed E-state index contributed by atoms with van der Waals surface area (Å²) < 4.78 is 0. The van der Waals surface area contributed by atoms with Crippen molar-refractivity contribution >= 4 is 29.1 Å². The Morgan fingerprint density at radius 2 is 1.72 bits per heavy atom. The van der Waals surface area contributed by atoms with E-state index in [4.69, 9.17) is 23.2 Å². The average molecular weight is 288 g/mol. The number of carbonyl (C=O) groups is 1. The monoisotopic (exact) mass is 287 g/mol. The highest BCUT2D eigenvalue weighted by Crippen LogP contribution is 2.23. The summed E-state index contributed by atoms with van der Waals surface area (Å²) >= 11 is 11.9. The molecule has 1 rings (SSSR count). The summed E-state index contributed by atoms with van der Waals surface area (Å²) in [4.78, 5) is 11.9. The fourth-order valence-corrected chi connectivity index (χ4v) is 2.30. The van der Waals surface area contributed by atoms with Gasteiger partial charge in [0.15, 0.2) is 0 Å². The van der Waals surface area contributed by atoms with Crippen LogP contribution in [0.2, 0.25) is 10.0 Å². The van der Waals surface area contributed by atoms with Crippen molar-refractivity contribution in [2.45, 2.75) is 39.0 Å². The lowest BCUT2D eigenvalue weighted by Crippen LogP contribution is -2.25.